The summed E-state index contributed by atoms with van der Waals surface area (Å²) in [7, 11) is -2.34. The summed E-state index contributed by atoms with van der Waals surface area (Å²) in [6.07, 6.45) is -0.778. The molecule has 1 unspecified atom stereocenters. The summed E-state index contributed by atoms with van der Waals surface area (Å²) in [4.78, 5) is 32.3. The maximum Gasteiger partial charge on any atom is 0.433 e. The Kier molecular flexibility index (Phi) is 13.4. The molecule has 2 aromatic heterocycles. The molecule has 264 valence electrons. The van der Waals surface area contributed by atoms with Crippen LogP contribution >= 0.6 is 23.2 Å². The van der Waals surface area contributed by atoms with Crippen LogP contribution in [-0.2, 0) is 20.1 Å². The maximum atomic E-state index is 14.9. The summed E-state index contributed by atoms with van der Waals surface area (Å²) in [6, 6.07) is 1.75. The number of ether oxygens (including phenoxy) is 1. The van der Waals surface area contributed by atoms with Crippen molar-refractivity contribution in [3.8, 4) is 0 Å². The minimum absolute atomic E-state index is 0.0710. The first kappa shape index (κ1) is 39.3. The Morgan fingerprint density at radius 3 is 2.13 bits per heavy atom. The van der Waals surface area contributed by atoms with Gasteiger partial charge in [0.15, 0.2) is 14.0 Å². The molecule has 1 fully saturated rings. The number of amides is 1. The van der Waals surface area contributed by atoms with Gasteiger partial charge in [0.05, 0.1) is 53.0 Å². The van der Waals surface area contributed by atoms with Crippen molar-refractivity contribution in [2.75, 3.05) is 19.7 Å². The molecule has 1 aliphatic rings. The highest BCUT2D eigenvalue weighted by molar-refractivity contribution is 6.73. The zero-order valence-corrected chi connectivity index (χ0v) is 31.2. The van der Waals surface area contributed by atoms with Crippen molar-refractivity contribution in [3.05, 3.63) is 45.5 Å². The maximum absolute atomic E-state index is 14.9. The second-order valence-corrected chi connectivity index (χ2v) is 19.3. The molecule has 47 heavy (non-hydrogen) atoms. The number of carbonyl (C=O) groups is 2. The Morgan fingerprint density at radius 1 is 1.04 bits per heavy atom. The molecule has 14 heteroatoms. The molecule has 0 radical (unpaired) electrons. The van der Waals surface area contributed by atoms with Crippen molar-refractivity contribution < 1.29 is 31.9 Å². The van der Waals surface area contributed by atoms with Gasteiger partial charge in [0.2, 0.25) is 0 Å². The molecule has 0 spiro atoms. The van der Waals surface area contributed by atoms with Crippen LogP contribution in [0.4, 0.5) is 13.2 Å². The molecule has 0 bridgehead atoms. The van der Waals surface area contributed by atoms with Gasteiger partial charge in [0.1, 0.15) is 0 Å². The standard InChI is InChI=1S/C33H49Cl2F3N4O4Si/c1-9-45-31(44)23-14-13-22(15-21(23)5)42-29(33(36,37)38)24(16-40-42)30(43)41(20-32(6,7)8)19-27(46-47(10-2,11-3)12-4)28-25(34)17-39-18-26(28)35/h16-18,21-23,27H,9-15,19-20H2,1-8H3/t21-,22-,23-,27?/m0/s1. The Balaban J connectivity index is 2.08. The van der Waals surface area contributed by atoms with Crippen molar-refractivity contribution in [2.24, 2.45) is 17.3 Å². The van der Waals surface area contributed by atoms with E-state index in [4.69, 9.17) is 32.4 Å². The number of hydrogen-bond donors (Lipinski definition) is 0. The highest BCUT2D eigenvalue weighted by Gasteiger charge is 2.45. The fraction of sp³-hybridized carbons (Fsp3) is 0.697. The van der Waals surface area contributed by atoms with E-state index >= 15 is 0 Å². The lowest BCUT2D eigenvalue weighted by Gasteiger charge is -2.38. The summed E-state index contributed by atoms with van der Waals surface area (Å²) in [5, 5.41) is 4.68. The van der Waals surface area contributed by atoms with Crippen LogP contribution < -0.4 is 0 Å². The topological polar surface area (TPSA) is 86.6 Å². The minimum atomic E-state index is -4.86. The van der Waals surface area contributed by atoms with Gasteiger partial charge in [0, 0.05) is 24.5 Å². The molecule has 0 saturated heterocycles. The second kappa shape index (κ2) is 16.0. The zero-order chi connectivity index (χ0) is 35.3. The summed E-state index contributed by atoms with van der Waals surface area (Å²) in [6.45, 7) is 15.8. The molecular formula is C33H49Cl2F3N4O4Si. The van der Waals surface area contributed by atoms with E-state index in [9.17, 15) is 22.8 Å². The van der Waals surface area contributed by atoms with Crippen LogP contribution in [0.1, 0.15) is 108 Å². The molecule has 1 aliphatic carbocycles. The number of hydrogen-bond acceptors (Lipinski definition) is 6. The van der Waals surface area contributed by atoms with E-state index < -0.39 is 55.1 Å². The van der Waals surface area contributed by atoms with E-state index in [2.05, 4.69) is 30.9 Å². The van der Waals surface area contributed by atoms with Gasteiger partial charge in [-0.25, -0.2) is 0 Å². The fourth-order valence-electron chi connectivity index (χ4n) is 6.65. The lowest BCUT2D eigenvalue weighted by molar-refractivity contribution is -0.153. The van der Waals surface area contributed by atoms with Gasteiger partial charge < -0.3 is 14.1 Å². The third-order valence-electron chi connectivity index (χ3n) is 9.25. The number of carbonyl (C=O) groups excluding carboxylic acids is 2. The van der Waals surface area contributed by atoms with Crippen molar-refractivity contribution in [2.45, 2.75) is 111 Å². The van der Waals surface area contributed by atoms with Gasteiger partial charge in [-0.1, -0.05) is 71.7 Å². The Morgan fingerprint density at radius 2 is 1.64 bits per heavy atom. The Hall–Kier alpha value is -2.15. The smallest absolute Gasteiger partial charge is 0.433 e. The third-order valence-corrected chi connectivity index (χ3v) is 14.5. The number of halogens is 5. The molecule has 0 N–H and O–H groups in total. The lowest BCUT2D eigenvalue weighted by Crippen LogP contribution is -2.45. The van der Waals surface area contributed by atoms with E-state index in [0.29, 0.717) is 24.8 Å². The summed E-state index contributed by atoms with van der Waals surface area (Å²) in [5.41, 5.74) is -1.64. The van der Waals surface area contributed by atoms with Crippen LogP contribution in [-0.4, -0.2) is 59.6 Å². The van der Waals surface area contributed by atoms with Crippen LogP contribution in [0, 0.1) is 17.3 Å². The van der Waals surface area contributed by atoms with Gasteiger partial charge >= 0.3 is 12.1 Å². The first-order chi connectivity index (χ1) is 21.9. The van der Waals surface area contributed by atoms with Gasteiger partial charge in [-0.3, -0.25) is 19.3 Å². The average Bonchev–Trinajstić information content (AvgIpc) is 3.44. The number of alkyl halides is 3. The summed E-state index contributed by atoms with van der Waals surface area (Å²) >= 11 is 13.2. The van der Waals surface area contributed by atoms with Crippen LogP contribution in [0.3, 0.4) is 0 Å². The zero-order valence-electron chi connectivity index (χ0n) is 28.7. The van der Waals surface area contributed by atoms with Gasteiger partial charge in [-0.05, 0) is 55.7 Å². The lowest BCUT2D eigenvalue weighted by atomic mass is 9.78. The number of rotatable bonds is 13. The molecule has 4 atom stereocenters. The normalized spacial score (nSPS) is 19.8. The predicted molar refractivity (Wildman–Crippen MR) is 180 cm³/mol. The van der Waals surface area contributed by atoms with Crippen LogP contribution in [0.2, 0.25) is 28.2 Å². The average molecular weight is 722 g/mol. The molecule has 2 heterocycles. The van der Waals surface area contributed by atoms with Gasteiger partial charge in [-0.2, -0.15) is 18.3 Å². The fourth-order valence-corrected chi connectivity index (χ4v) is 10.1. The number of nitrogens with zero attached hydrogens (tertiary/aromatic N) is 4. The molecule has 2 aromatic rings. The number of pyridine rings is 1. The van der Waals surface area contributed by atoms with E-state index in [1.54, 1.807) is 6.92 Å². The van der Waals surface area contributed by atoms with Gasteiger partial charge in [-0.15, -0.1) is 0 Å². The van der Waals surface area contributed by atoms with E-state index in [1.165, 1.54) is 17.3 Å². The monoisotopic (exact) mass is 720 g/mol. The highest BCUT2D eigenvalue weighted by atomic mass is 35.5. The molecular weight excluding hydrogens is 672 g/mol. The number of aromatic nitrogens is 3. The van der Waals surface area contributed by atoms with Gasteiger partial charge in [0.25, 0.3) is 5.91 Å². The van der Waals surface area contributed by atoms with Crippen molar-refractivity contribution >= 4 is 43.4 Å². The largest absolute Gasteiger partial charge is 0.466 e. The van der Waals surface area contributed by atoms with Crippen LogP contribution in [0.25, 0.3) is 0 Å². The molecule has 1 saturated carbocycles. The van der Waals surface area contributed by atoms with E-state index in [0.717, 1.165) is 29.0 Å². The van der Waals surface area contributed by atoms with Crippen molar-refractivity contribution in [3.63, 3.8) is 0 Å². The van der Waals surface area contributed by atoms with E-state index in [1.807, 2.05) is 27.7 Å². The molecule has 1 amide bonds. The quantitative estimate of drug-likeness (QED) is 0.151. The predicted octanol–water partition coefficient (Wildman–Crippen LogP) is 9.40. The molecule has 0 aromatic carbocycles. The first-order valence-electron chi connectivity index (χ1n) is 16.5. The SMILES string of the molecule is CCOC(=O)[C@H]1CC[C@H](n2ncc(C(=O)N(CC(O[Si](CC)(CC)CC)c3c(Cl)cncc3Cl)CC(C)(C)C)c2C(F)(F)F)C[C@@H]1C. The number of esters is 1. The minimum Gasteiger partial charge on any atom is -0.466 e. The third kappa shape index (κ3) is 9.51. The summed E-state index contributed by atoms with van der Waals surface area (Å²) < 4.78 is 57.7. The first-order valence-corrected chi connectivity index (χ1v) is 19.8. The second-order valence-electron chi connectivity index (χ2n) is 13.8. The molecule has 8 nitrogen and oxygen atoms in total. The van der Waals surface area contributed by atoms with Crippen LogP contribution in [0.5, 0.6) is 0 Å². The van der Waals surface area contributed by atoms with Crippen molar-refractivity contribution in [1.29, 1.82) is 0 Å². The molecule has 0 aliphatic heterocycles. The van der Waals surface area contributed by atoms with Crippen LogP contribution in [0.15, 0.2) is 18.6 Å². The highest BCUT2D eigenvalue weighted by Crippen LogP contribution is 2.42. The van der Waals surface area contributed by atoms with Crippen molar-refractivity contribution in [1.82, 2.24) is 19.7 Å². The summed E-state index contributed by atoms with van der Waals surface area (Å²) in [5.74, 6) is -1.76. The molecule has 3 rings (SSSR count). The Bertz CT molecular complexity index is 1350. The Labute approximate surface area is 287 Å². The van der Waals surface area contributed by atoms with E-state index in [-0.39, 0.29) is 41.6 Å².